The highest BCUT2D eigenvalue weighted by Gasteiger charge is 2.33. The Hall–Kier alpha value is -1.84. The summed E-state index contributed by atoms with van der Waals surface area (Å²) in [6, 6.07) is 1.89. The summed E-state index contributed by atoms with van der Waals surface area (Å²) in [4.78, 5) is 14.2. The van der Waals surface area contributed by atoms with Crippen molar-refractivity contribution < 1.29 is 19.0 Å². The average molecular weight is 350 g/mol. The molecule has 1 atom stereocenters. The lowest BCUT2D eigenvalue weighted by molar-refractivity contribution is -0.155. The fourth-order valence-corrected chi connectivity index (χ4v) is 2.41. The minimum Gasteiger partial charge on any atom is -0.459 e. The van der Waals surface area contributed by atoms with Gasteiger partial charge in [0, 0.05) is 13.1 Å². The number of hydrogen-bond donors (Lipinski definition) is 0. The van der Waals surface area contributed by atoms with Crippen LogP contribution in [-0.4, -0.2) is 49.1 Å². The van der Waals surface area contributed by atoms with Crippen LogP contribution in [0.25, 0.3) is 0 Å². The van der Waals surface area contributed by atoms with Crippen LogP contribution in [0.1, 0.15) is 47.0 Å². The number of carbonyl (C=O) groups is 1. The molecule has 0 aromatic carbocycles. The number of esters is 1. The van der Waals surface area contributed by atoms with Gasteiger partial charge in [0.15, 0.2) is 5.79 Å². The van der Waals surface area contributed by atoms with Gasteiger partial charge in [-0.1, -0.05) is 20.3 Å². The Labute approximate surface area is 151 Å². The van der Waals surface area contributed by atoms with E-state index in [1.54, 1.807) is 19.9 Å². The SMILES string of the molecule is CCCCN(/C=C/C=C(\C#N)C(=O)OCC1COC(C)(C)O1)CCC. The van der Waals surface area contributed by atoms with Crippen LogP contribution >= 0.6 is 0 Å². The van der Waals surface area contributed by atoms with E-state index < -0.39 is 11.8 Å². The van der Waals surface area contributed by atoms with Gasteiger partial charge in [-0.3, -0.25) is 0 Å². The molecule has 1 rings (SSSR count). The first-order valence-electron chi connectivity index (χ1n) is 8.93. The fraction of sp³-hybridized carbons (Fsp3) is 0.684. The molecule has 1 fully saturated rings. The number of carbonyl (C=O) groups excluding carboxylic acids is 1. The zero-order valence-corrected chi connectivity index (χ0v) is 15.8. The summed E-state index contributed by atoms with van der Waals surface area (Å²) in [6.45, 7) is 10.2. The second-order valence-corrected chi connectivity index (χ2v) is 6.47. The summed E-state index contributed by atoms with van der Waals surface area (Å²) in [5, 5.41) is 9.16. The van der Waals surface area contributed by atoms with E-state index in [0.29, 0.717) is 6.61 Å². The van der Waals surface area contributed by atoms with E-state index in [2.05, 4.69) is 18.7 Å². The van der Waals surface area contributed by atoms with E-state index in [4.69, 9.17) is 19.5 Å². The molecule has 0 amide bonds. The van der Waals surface area contributed by atoms with E-state index in [9.17, 15) is 4.79 Å². The lowest BCUT2D eigenvalue weighted by Crippen LogP contribution is -2.25. The van der Waals surface area contributed by atoms with Crippen molar-refractivity contribution in [2.75, 3.05) is 26.3 Å². The van der Waals surface area contributed by atoms with Gasteiger partial charge < -0.3 is 19.1 Å². The molecule has 6 nitrogen and oxygen atoms in total. The van der Waals surface area contributed by atoms with Crippen LogP contribution in [0.3, 0.4) is 0 Å². The van der Waals surface area contributed by atoms with Crippen molar-refractivity contribution in [2.24, 2.45) is 0 Å². The van der Waals surface area contributed by atoms with Gasteiger partial charge in [0.25, 0.3) is 0 Å². The monoisotopic (exact) mass is 350 g/mol. The lowest BCUT2D eigenvalue weighted by atomic mass is 10.2. The molecule has 0 saturated carbocycles. The van der Waals surface area contributed by atoms with E-state index in [-0.39, 0.29) is 18.3 Å². The molecule has 0 aliphatic carbocycles. The number of hydrogen-bond acceptors (Lipinski definition) is 6. The highest BCUT2D eigenvalue weighted by Crippen LogP contribution is 2.22. The molecule has 0 aromatic rings. The van der Waals surface area contributed by atoms with Gasteiger partial charge in [-0.15, -0.1) is 0 Å². The van der Waals surface area contributed by atoms with Gasteiger partial charge in [0.2, 0.25) is 0 Å². The second-order valence-electron chi connectivity index (χ2n) is 6.47. The van der Waals surface area contributed by atoms with E-state index in [0.717, 1.165) is 32.4 Å². The smallest absolute Gasteiger partial charge is 0.348 e. The molecule has 25 heavy (non-hydrogen) atoms. The molecule has 6 heteroatoms. The predicted molar refractivity (Wildman–Crippen MR) is 95.5 cm³/mol. The third kappa shape index (κ3) is 8.19. The molecule has 1 aliphatic heterocycles. The van der Waals surface area contributed by atoms with E-state index in [1.165, 1.54) is 6.08 Å². The maximum absolute atomic E-state index is 12.0. The number of rotatable bonds is 10. The Morgan fingerprint density at radius 1 is 1.36 bits per heavy atom. The number of unbranched alkanes of at least 4 members (excludes halogenated alkanes) is 1. The third-order valence-electron chi connectivity index (χ3n) is 3.68. The maximum atomic E-state index is 12.0. The first-order valence-corrected chi connectivity index (χ1v) is 8.93. The largest absolute Gasteiger partial charge is 0.459 e. The number of allylic oxidation sites excluding steroid dienone is 2. The fourth-order valence-electron chi connectivity index (χ4n) is 2.41. The van der Waals surface area contributed by atoms with Crippen molar-refractivity contribution in [1.29, 1.82) is 5.26 Å². The van der Waals surface area contributed by atoms with Gasteiger partial charge in [-0.2, -0.15) is 5.26 Å². The van der Waals surface area contributed by atoms with Crippen molar-refractivity contribution in [1.82, 2.24) is 4.90 Å². The van der Waals surface area contributed by atoms with Crippen LogP contribution in [-0.2, 0) is 19.0 Å². The number of nitrogens with zero attached hydrogens (tertiary/aromatic N) is 2. The molecular formula is C19H30N2O4. The Morgan fingerprint density at radius 3 is 2.68 bits per heavy atom. The topological polar surface area (TPSA) is 71.8 Å². The summed E-state index contributed by atoms with van der Waals surface area (Å²) < 4.78 is 16.1. The maximum Gasteiger partial charge on any atom is 0.348 e. The van der Waals surface area contributed by atoms with Crippen molar-refractivity contribution in [3.05, 3.63) is 23.9 Å². The van der Waals surface area contributed by atoms with Crippen LogP contribution in [0.15, 0.2) is 23.9 Å². The molecule has 0 N–H and O–H groups in total. The van der Waals surface area contributed by atoms with E-state index >= 15 is 0 Å². The molecule has 0 spiro atoms. The Balaban J connectivity index is 2.52. The molecule has 1 aliphatic rings. The second kappa shape index (κ2) is 10.9. The number of ether oxygens (including phenoxy) is 3. The Kier molecular flexibility index (Phi) is 9.25. The standard InChI is InChI=1S/C19H30N2O4/c1-5-7-11-21(10-6-2)12-8-9-16(13-20)18(22)23-14-17-15-24-19(3,4)25-17/h8-9,12,17H,5-7,10-11,14-15H2,1-4H3/b12-8+,16-9+. The lowest BCUT2D eigenvalue weighted by Gasteiger charge is -2.18. The Morgan fingerprint density at radius 2 is 2.12 bits per heavy atom. The number of nitriles is 1. The highest BCUT2D eigenvalue weighted by atomic mass is 16.7. The van der Waals surface area contributed by atoms with Gasteiger partial charge in [-0.05, 0) is 45.0 Å². The Bertz CT molecular complexity index is 520. The third-order valence-corrected chi connectivity index (χ3v) is 3.68. The summed E-state index contributed by atoms with van der Waals surface area (Å²) in [5.74, 6) is -1.30. The molecule has 0 radical (unpaired) electrons. The van der Waals surface area contributed by atoms with Crippen LogP contribution in [0.4, 0.5) is 0 Å². The first kappa shape index (κ1) is 21.2. The predicted octanol–water partition coefficient (Wildman–Crippen LogP) is 3.16. The average Bonchev–Trinajstić information content (AvgIpc) is 2.93. The van der Waals surface area contributed by atoms with Gasteiger partial charge >= 0.3 is 5.97 Å². The molecule has 0 aromatic heterocycles. The molecular weight excluding hydrogens is 320 g/mol. The highest BCUT2D eigenvalue weighted by molar-refractivity contribution is 5.93. The zero-order valence-electron chi connectivity index (χ0n) is 15.8. The molecule has 1 saturated heterocycles. The van der Waals surface area contributed by atoms with E-state index in [1.807, 2.05) is 12.3 Å². The summed E-state index contributed by atoms with van der Waals surface area (Å²) in [5.41, 5.74) is -0.0265. The summed E-state index contributed by atoms with van der Waals surface area (Å²) in [7, 11) is 0. The molecule has 1 heterocycles. The van der Waals surface area contributed by atoms with Crippen molar-refractivity contribution in [3.8, 4) is 6.07 Å². The molecule has 0 bridgehead atoms. The quantitative estimate of drug-likeness (QED) is 0.261. The zero-order chi connectivity index (χ0) is 18.7. The first-order chi connectivity index (χ1) is 11.9. The van der Waals surface area contributed by atoms with Crippen molar-refractivity contribution in [3.63, 3.8) is 0 Å². The van der Waals surface area contributed by atoms with Crippen LogP contribution < -0.4 is 0 Å². The van der Waals surface area contributed by atoms with Gasteiger partial charge in [-0.25, -0.2) is 4.79 Å². The minimum absolute atomic E-state index is 0.0265. The van der Waals surface area contributed by atoms with Crippen LogP contribution in [0, 0.1) is 11.3 Å². The van der Waals surface area contributed by atoms with Gasteiger partial charge in [0.1, 0.15) is 24.4 Å². The normalized spacial score (nSPS) is 19.8. The van der Waals surface area contributed by atoms with Crippen molar-refractivity contribution >= 4 is 5.97 Å². The summed E-state index contributed by atoms with van der Waals surface area (Å²) in [6.07, 6.45) is 8.12. The minimum atomic E-state index is -0.658. The summed E-state index contributed by atoms with van der Waals surface area (Å²) >= 11 is 0. The molecule has 140 valence electrons. The van der Waals surface area contributed by atoms with Crippen molar-refractivity contribution in [2.45, 2.75) is 58.8 Å². The van der Waals surface area contributed by atoms with Crippen LogP contribution in [0.2, 0.25) is 0 Å². The molecule has 1 unspecified atom stereocenters. The van der Waals surface area contributed by atoms with Crippen LogP contribution in [0.5, 0.6) is 0 Å². The van der Waals surface area contributed by atoms with Gasteiger partial charge in [0.05, 0.1) is 6.61 Å².